The van der Waals surface area contributed by atoms with Crippen molar-refractivity contribution in [2.24, 2.45) is 5.92 Å². The summed E-state index contributed by atoms with van der Waals surface area (Å²) in [6.07, 6.45) is 0.698. The van der Waals surface area contributed by atoms with E-state index in [1.54, 1.807) is 13.8 Å². The smallest absolute Gasteiger partial charge is 0.748 e. The van der Waals surface area contributed by atoms with Crippen molar-refractivity contribution in [1.29, 1.82) is 0 Å². The van der Waals surface area contributed by atoms with Crippen molar-refractivity contribution in [2.75, 3.05) is 19.0 Å². The Hall–Kier alpha value is -0.150. The van der Waals surface area contributed by atoms with Gasteiger partial charge < -0.3 is 14.0 Å². The summed E-state index contributed by atoms with van der Waals surface area (Å²) in [5.41, 5.74) is 0. The minimum absolute atomic E-state index is 0. The standard InChI is InChI=1S/C11H20O7S.Na/c1-3-5-17-10(12)7-9(8-19(14,15)16)11(13)18-6-4-2;/h9H,3-8H2,1-2H3,(H,14,15,16);/q;+1/p-1. The third-order valence-electron chi connectivity index (χ3n) is 2.07. The number of hydrogen-bond donors (Lipinski definition) is 0. The van der Waals surface area contributed by atoms with Crippen LogP contribution >= 0.6 is 0 Å². The Morgan fingerprint density at radius 1 is 1.10 bits per heavy atom. The van der Waals surface area contributed by atoms with E-state index in [4.69, 9.17) is 9.47 Å². The minimum atomic E-state index is -4.62. The Labute approximate surface area is 141 Å². The van der Waals surface area contributed by atoms with Crippen molar-refractivity contribution in [3.63, 3.8) is 0 Å². The summed E-state index contributed by atoms with van der Waals surface area (Å²) in [5.74, 6) is -3.85. The molecular formula is C11H19NaO7S. The van der Waals surface area contributed by atoms with Gasteiger partial charge in [0.15, 0.2) is 0 Å². The van der Waals surface area contributed by atoms with E-state index in [9.17, 15) is 22.6 Å². The summed E-state index contributed by atoms with van der Waals surface area (Å²) in [5, 5.41) is 0. The van der Waals surface area contributed by atoms with Crippen molar-refractivity contribution >= 4 is 22.1 Å². The molecule has 0 aromatic rings. The van der Waals surface area contributed by atoms with E-state index >= 15 is 0 Å². The molecule has 0 fully saturated rings. The predicted octanol–water partition coefficient (Wildman–Crippen LogP) is -2.55. The molecule has 0 bridgehead atoms. The second kappa shape index (κ2) is 11.5. The molecule has 0 heterocycles. The molecule has 0 saturated carbocycles. The molecule has 0 spiro atoms. The van der Waals surface area contributed by atoms with Gasteiger partial charge in [0, 0.05) is 0 Å². The van der Waals surface area contributed by atoms with Crippen LogP contribution in [0.2, 0.25) is 0 Å². The van der Waals surface area contributed by atoms with Gasteiger partial charge in [-0.15, -0.1) is 0 Å². The number of carbonyl (C=O) groups is 2. The van der Waals surface area contributed by atoms with E-state index in [2.05, 4.69) is 0 Å². The zero-order valence-electron chi connectivity index (χ0n) is 12.1. The van der Waals surface area contributed by atoms with Crippen LogP contribution in [0.1, 0.15) is 33.1 Å². The maximum absolute atomic E-state index is 11.6. The van der Waals surface area contributed by atoms with Crippen molar-refractivity contribution in [1.82, 2.24) is 0 Å². The summed E-state index contributed by atoms with van der Waals surface area (Å²) in [7, 11) is -4.62. The predicted molar refractivity (Wildman–Crippen MR) is 65.2 cm³/mol. The summed E-state index contributed by atoms with van der Waals surface area (Å²) in [4.78, 5) is 22.9. The van der Waals surface area contributed by atoms with Gasteiger partial charge in [-0.1, -0.05) is 13.8 Å². The summed E-state index contributed by atoms with van der Waals surface area (Å²) >= 11 is 0. The molecule has 20 heavy (non-hydrogen) atoms. The van der Waals surface area contributed by atoms with Crippen LogP contribution in [0.25, 0.3) is 0 Å². The molecule has 0 saturated heterocycles. The van der Waals surface area contributed by atoms with Crippen LogP contribution in [0.5, 0.6) is 0 Å². The molecular weight excluding hydrogens is 299 g/mol. The van der Waals surface area contributed by atoms with Crippen LogP contribution in [0.4, 0.5) is 0 Å². The molecule has 9 heteroatoms. The van der Waals surface area contributed by atoms with E-state index in [0.29, 0.717) is 12.8 Å². The zero-order chi connectivity index (χ0) is 14.9. The van der Waals surface area contributed by atoms with Crippen molar-refractivity contribution in [3.8, 4) is 0 Å². The van der Waals surface area contributed by atoms with Gasteiger partial charge in [0.1, 0.15) is 0 Å². The normalized spacial score (nSPS) is 12.2. The molecule has 0 aliphatic heterocycles. The van der Waals surface area contributed by atoms with Crippen LogP contribution in [0.15, 0.2) is 0 Å². The fourth-order valence-corrected chi connectivity index (χ4v) is 2.00. The quantitative estimate of drug-likeness (QED) is 0.261. The Balaban J connectivity index is 0. The van der Waals surface area contributed by atoms with E-state index in [1.165, 1.54) is 0 Å². The Morgan fingerprint density at radius 2 is 1.60 bits per heavy atom. The van der Waals surface area contributed by atoms with Crippen molar-refractivity contribution < 1.29 is 61.6 Å². The minimum Gasteiger partial charge on any atom is -0.748 e. The van der Waals surface area contributed by atoms with Crippen LogP contribution in [0.3, 0.4) is 0 Å². The second-order valence-corrected chi connectivity index (χ2v) is 5.46. The first-order chi connectivity index (χ1) is 8.80. The molecule has 0 radical (unpaired) electrons. The first kappa shape index (κ1) is 22.1. The maximum Gasteiger partial charge on any atom is 1.00 e. The molecule has 0 aromatic carbocycles. The molecule has 0 rings (SSSR count). The van der Waals surface area contributed by atoms with Gasteiger partial charge in [0.05, 0.1) is 41.4 Å². The van der Waals surface area contributed by atoms with Gasteiger partial charge in [-0.05, 0) is 12.8 Å². The molecule has 0 aliphatic carbocycles. The zero-order valence-corrected chi connectivity index (χ0v) is 14.9. The summed E-state index contributed by atoms with van der Waals surface area (Å²) < 4.78 is 41.6. The van der Waals surface area contributed by atoms with E-state index in [0.717, 1.165) is 0 Å². The fourth-order valence-electron chi connectivity index (χ4n) is 1.25. The fraction of sp³-hybridized carbons (Fsp3) is 0.818. The molecule has 112 valence electrons. The average Bonchev–Trinajstić information content (AvgIpc) is 2.30. The molecule has 0 amide bonds. The van der Waals surface area contributed by atoms with Crippen LogP contribution in [-0.2, 0) is 29.2 Å². The van der Waals surface area contributed by atoms with Gasteiger partial charge in [-0.25, -0.2) is 8.42 Å². The monoisotopic (exact) mass is 318 g/mol. The second-order valence-electron chi connectivity index (χ2n) is 4.01. The van der Waals surface area contributed by atoms with Crippen LogP contribution in [0, 0.1) is 5.92 Å². The number of rotatable bonds is 9. The number of carbonyl (C=O) groups excluding carboxylic acids is 2. The van der Waals surface area contributed by atoms with Crippen molar-refractivity contribution in [3.05, 3.63) is 0 Å². The molecule has 0 aromatic heterocycles. The number of esters is 2. The Bertz CT molecular complexity index is 394. The van der Waals surface area contributed by atoms with Crippen LogP contribution in [-0.4, -0.2) is 43.9 Å². The van der Waals surface area contributed by atoms with Gasteiger partial charge in [-0.2, -0.15) is 0 Å². The topological polar surface area (TPSA) is 110 Å². The molecule has 0 aliphatic rings. The first-order valence-electron chi connectivity index (χ1n) is 6.06. The third-order valence-corrected chi connectivity index (χ3v) is 2.88. The van der Waals surface area contributed by atoms with Crippen LogP contribution < -0.4 is 29.6 Å². The molecule has 1 atom stereocenters. The SMILES string of the molecule is CCCOC(=O)CC(CS(=O)(=O)[O-])C(=O)OCCC.[Na+]. The Kier molecular flexibility index (Phi) is 12.7. The molecule has 1 unspecified atom stereocenters. The number of hydrogen-bond acceptors (Lipinski definition) is 7. The van der Waals surface area contributed by atoms with E-state index in [1.807, 2.05) is 0 Å². The van der Waals surface area contributed by atoms with Gasteiger partial charge in [-0.3, -0.25) is 9.59 Å². The van der Waals surface area contributed by atoms with E-state index in [-0.39, 0.29) is 42.8 Å². The third kappa shape index (κ3) is 11.7. The molecule has 0 N–H and O–H groups in total. The van der Waals surface area contributed by atoms with Crippen molar-refractivity contribution in [2.45, 2.75) is 33.1 Å². The average molecular weight is 318 g/mol. The summed E-state index contributed by atoms with van der Waals surface area (Å²) in [6, 6.07) is 0. The van der Waals surface area contributed by atoms with Gasteiger partial charge in [0.25, 0.3) is 0 Å². The first-order valence-corrected chi connectivity index (χ1v) is 7.63. The van der Waals surface area contributed by atoms with E-state index < -0.39 is 40.1 Å². The van der Waals surface area contributed by atoms with Gasteiger partial charge >= 0.3 is 41.5 Å². The maximum atomic E-state index is 11.6. The largest absolute Gasteiger partial charge is 1.00 e. The van der Waals surface area contributed by atoms with Gasteiger partial charge in [0.2, 0.25) is 0 Å². The summed E-state index contributed by atoms with van der Waals surface area (Å²) in [6.45, 7) is 3.85. The number of ether oxygens (including phenoxy) is 2. The Morgan fingerprint density at radius 3 is 2.05 bits per heavy atom. The molecule has 7 nitrogen and oxygen atoms in total.